The number of rotatable bonds is 7. The first kappa shape index (κ1) is 15.1. The minimum atomic E-state index is 0.148. The fraction of sp³-hybridized carbons (Fsp3) is 0.500. The number of nitrogens with one attached hydrogen (secondary N) is 1. The molecule has 3 nitrogen and oxygen atoms in total. The molecular formula is C14H22N2OS. The van der Waals surface area contributed by atoms with Gasteiger partial charge in [-0.3, -0.25) is 4.79 Å². The number of amides is 1. The van der Waals surface area contributed by atoms with Crippen LogP contribution in [0.2, 0.25) is 0 Å². The molecule has 0 radical (unpaired) electrons. The highest BCUT2D eigenvalue weighted by Crippen LogP contribution is 2.19. The number of hydrogen-bond donors (Lipinski definition) is 1. The van der Waals surface area contributed by atoms with Crippen LogP contribution >= 0.6 is 11.8 Å². The van der Waals surface area contributed by atoms with Gasteiger partial charge in [0.15, 0.2) is 0 Å². The highest BCUT2D eigenvalue weighted by Gasteiger charge is 2.05. The smallest absolute Gasteiger partial charge is 0.232 e. The van der Waals surface area contributed by atoms with Gasteiger partial charge in [0.25, 0.3) is 0 Å². The number of carbonyl (C=O) groups is 1. The van der Waals surface area contributed by atoms with Crippen molar-refractivity contribution in [1.29, 1.82) is 0 Å². The third-order valence-corrected chi connectivity index (χ3v) is 3.49. The average Bonchev–Trinajstić information content (AvgIpc) is 2.36. The SMILES string of the molecule is CCCNCc1cccc(SCC(=O)N(C)C)c1. The van der Waals surface area contributed by atoms with Crippen molar-refractivity contribution in [1.82, 2.24) is 10.2 Å². The molecule has 0 unspecified atom stereocenters. The zero-order valence-corrected chi connectivity index (χ0v) is 12.2. The van der Waals surface area contributed by atoms with E-state index in [0.29, 0.717) is 5.75 Å². The average molecular weight is 266 g/mol. The van der Waals surface area contributed by atoms with Gasteiger partial charge in [-0.2, -0.15) is 0 Å². The van der Waals surface area contributed by atoms with Gasteiger partial charge in [-0.05, 0) is 30.7 Å². The van der Waals surface area contributed by atoms with Gasteiger partial charge in [0.1, 0.15) is 0 Å². The molecule has 0 aliphatic rings. The second-order valence-corrected chi connectivity index (χ2v) is 5.45. The molecule has 1 N–H and O–H groups in total. The lowest BCUT2D eigenvalue weighted by molar-refractivity contribution is -0.125. The maximum Gasteiger partial charge on any atom is 0.232 e. The van der Waals surface area contributed by atoms with Gasteiger partial charge in [0, 0.05) is 25.5 Å². The van der Waals surface area contributed by atoms with Gasteiger partial charge in [0.05, 0.1) is 5.75 Å². The summed E-state index contributed by atoms with van der Waals surface area (Å²) < 4.78 is 0. The Bertz CT molecular complexity index is 380. The molecule has 0 bridgehead atoms. The molecule has 1 aromatic rings. The summed E-state index contributed by atoms with van der Waals surface area (Å²) in [5, 5.41) is 3.38. The minimum absolute atomic E-state index is 0.148. The summed E-state index contributed by atoms with van der Waals surface area (Å²) in [6.07, 6.45) is 1.14. The molecule has 18 heavy (non-hydrogen) atoms. The first-order chi connectivity index (χ1) is 8.63. The molecule has 0 aliphatic carbocycles. The zero-order chi connectivity index (χ0) is 13.4. The van der Waals surface area contributed by atoms with Gasteiger partial charge in [-0.1, -0.05) is 19.1 Å². The zero-order valence-electron chi connectivity index (χ0n) is 11.4. The largest absolute Gasteiger partial charge is 0.348 e. The summed E-state index contributed by atoms with van der Waals surface area (Å²) in [5.41, 5.74) is 1.27. The number of thioether (sulfide) groups is 1. The van der Waals surface area contributed by atoms with E-state index < -0.39 is 0 Å². The fourth-order valence-corrected chi connectivity index (χ4v) is 2.39. The molecule has 100 valence electrons. The summed E-state index contributed by atoms with van der Waals surface area (Å²) >= 11 is 1.59. The van der Waals surface area contributed by atoms with Crippen LogP contribution in [0.25, 0.3) is 0 Å². The van der Waals surface area contributed by atoms with E-state index in [2.05, 4.69) is 30.4 Å². The van der Waals surface area contributed by atoms with E-state index in [4.69, 9.17) is 0 Å². The second kappa shape index (κ2) is 8.16. The van der Waals surface area contributed by atoms with Crippen LogP contribution in [0.1, 0.15) is 18.9 Å². The predicted octanol–water partition coefficient (Wildman–Crippen LogP) is 2.37. The van der Waals surface area contributed by atoms with Crippen molar-refractivity contribution in [2.45, 2.75) is 24.8 Å². The molecule has 0 heterocycles. The molecular weight excluding hydrogens is 244 g/mol. The van der Waals surface area contributed by atoms with Crippen LogP contribution in [0, 0.1) is 0 Å². The number of benzene rings is 1. The van der Waals surface area contributed by atoms with Gasteiger partial charge in [0.2, 0.25) is 5.91 Å². The third kappa shape index (κ3) is 5.56. The van der Waals surface area contributed by atoms with E-state index >= 15 is 0 Å². The number of hydrogen-bond acceptors (Lipinski definition) is 3. The lowest BCUT2D eigenvalue weighted by Crippen LogP contribution is -2.23. The lowest BCUT2D eigenvalue weighted by Gasteiger charge is -2.10. The van der Waals surface area contributed by atoms with Crippen LogP contribution in [0.5, 0.6) is 0 Å². The van der Waals surface area contributed by atoms with Crippen molar-refractivity contribution < 1.29 is 4.79 Å². The predicted molar refractivity (Wildman–Crippen MR) is 77.9 cm³/mol. The van der Waals surface area contributed by atoms with Crippen LogP contribution in [0.3, 0.4) is 0 Å². The minimum Gasteiger partial charge on any atom is -0.348 e. The van der Waals surface area contributed by atoms with Crippen molar-refractivity contribution in [3.63, 3.8) is 0 Å². The third-order valence-electron chi connectivity index (χ3n) is 2.52. The Morgan fingerprint density at radius 3 is 2.83 bits per heavy atom. The molecule has 0 aliphatic heterocycles. The molecule has 0 atom stereocenters. The van der Waals surface area contributed by atoms with E-state index in [9.17, 15) is 4.79 Å². The number of carbonyl (C=O) groups excluding carboxylic acids is 1. The maximum atomic E-state index is 11.5. The van der Waals surface area contributed by atoms with E-state index in [1.54, 1.807) is 30.8 Å². The molecule has 0 saturated carbocycles. The fourth-order valence-electron chi connectivity index (χ4n) is 1.43. The first-order valence-corrected chi connectivity index (χ1v) is 7.24. The second-order valence-electron chi connectivity index (χ2n) is 4.40. The van der Waals surface area contributed by atoms with Crippen molar-refractivity contribution in [3.05, 3.63) is 29.8 Å². The van der Waals surface area contributed by atoms with E-state index in [1.165, 1.54) is 5.56 Å². The Morgan fingerprint density at radius 1 is 1.39 bits per heavy atom. The standard InChI is InChI=1S/C14H22N2OS/c1-4-8-15-10-12-6-5-7-13(9-12)18-11-14(17)16(2)3/h5-7,9,15H,4,8,10-11H2,1-3H3. The molecule has 1 aromatic carbocycles. The topological polar surface area (TPSA) is 32.3 Å². The molecule has 0 fully saturated rings. The summed E-state index contributed by atoms with van der Waals surface area (Å²) in [7, 11) is 3.57. The van der Waals surface area contributed by atoms with Crippen LogP contribution < -0.4 is 5.32 Å². The van der Waals surface area contributed by atoms with E-state index in [-0.39, 0.29) is 5.91 Å². The van der Waals surface area contributed by atoms with Gasteiger partial charge >= 0.3 is 0 Å². The lowest BCUT2D eigenvalue weighted by atomic mass is 10.2. The summed E-state index contributed by atoms with van der Waals surface area (Å²) in [6, 6.07) is 8.36. The Morgan fingerprint density at radius 2 is 2.17 bits per heavy atom. The first-order valence-electron chi connectivity index (χ1n) is 6.26. The Balaban J connectivity index is 2.46. The Kier molecular flexibility index (Phi) is 6.83. The summed E-state index contributed by atoms with van der Waals surface area (Å²) in [4.78, 5) is 14.3. The van der Waals surface area contributed by atoms with Gasteiger partial charge in [-0.15, -0.1) is 11.8 Å². The molecule has 1 rings (SSSR count). The van der Waals surface area contributed by atoms with Gasteiger partial charge < -0.3 is 10.2 Å². The Hall–Kier alpha value is -1.00. The summed E-state index contributed by atoms with van der Waals surface area (Å²) in [5.74, 6) is 0.647. The van der Waals surface area contributed by atoms with Crippen molar-refractivity contribution in [2.24, 2.45) is 0 Å². The number of nitrogens with zero attached hydrogens (tertiary/aromatic N) is 1. The van der Waals surface area contributed by atoms with Crippen molar-refractivity contribution >= 4 is 17.7 Å². The molecule has 0 saturated heterocycles. The van der Waals surface area contributed by atoms with Crippen LogP contribution in [-0.4, -0.2) is 37.2 Å². The van der Waals surface area contributed by atoms with Crippen molar-refractivity contribution in [2.75, 3.05) is 26.4 Å². The maximum absolute atomic E-state index is 11.5. The van der Waals surface area contributed by atoms with Crippen LogP contribution in [0.15, 0.2) is 29.2 Å². The normalized spacial score (nSPS) is 10.4. The molecule has 1 amide bonds. The van der Waals surface area contributed by atoms with Gasteiger partial charge in [-0.25, -0.2) is 0 Å². The van der Waals surface area contributed by atoms with Crippen LogP contribution in [0.4, 0.5) is 0 Å². The van der Waals surface area contributed by atoms with Crippen LogP contribution in [-0.2, 0) is 11.3 Å². The molecule has 0 spiro atoms. The summed E-state index contributed by atoms with van der Waals surface area (Å²) in [6.45, 7) is 4.09. The van der Waals surface area contributed by atoms with Crippen molar-refractivity contribution in [3.8, 4) is 0 Å². The van der Waals surface area contributed by atoms with E-state index in [0.717, 1.165) is 24.4 Å². The molecule has 0 aromatic heterocycles. The highest BCUT2D eigenvalue weighted by molar-refractivity contribution is 8.00. The highest BCUT2D eigenvalue weighted by atomic mass is 32.2. The van der Waals surface area contributed by atoms with E-state index in [1.807, 2.05) is 6.07 Å². The monoisotopic (exact) mass is 266 g/mol. The Labute approximate surface area is 114 Å². The quantitative estimate of drug-likeness (QED) is 0.607. The molecule has 4 heteroatoms.